The highest BCUT2D eigenvalue weighted by molar-refractivity contribution is 5.76. The fourth-order valence-electron chi connectivity index (χ4n) is 2.67. The Hall–Kier alpha value is -2.74. The Kier molecular flexibility index (Phi) is 4.33. The first-order valence-electron chi connectivity index (χ1n) is 7.44. The summed E-state index contributed by atoms with van der Waals surface area (Å²) < 4.78 is 28.8. The van der Waals surface area contributed by atoms with Crippen molar-refractivity contribution in [1.82, 2.24) is 9.55 Å². The first kappa shape index (κ1) is 15.2. The van der Waals surface area contributed by atoms with Crippen molar-refractivity contribution in [3.8, 4) is 6.07 Å². The summed E-state index contributed by atoms with van der Waals surface area (Å²) in [4.78, 5) is 4.43. The smallest absolute Gasteiger partial charge is 0.161 e. The number of hydrogen-bond acceptors (Lipinski definition) is 2. The second-order valence-electron chi connectivity index (χ2n) is 5.33. The zero-order valence-electron chi connectivity index (χ0n) is 12.5. The molecule has 0 fully saturated rings. The van der Waals surface area contributed by atoms with Crippen molar-refractivity contribution >= 4 is 11.0 Å². The second-order valence-corrected chi connectivity index (χ2v) is 5.33. The van der Waals surface area contributed by atoms with Crippen LogP contribution >= 0.6 is 0 Å². The average molecular weight is 311 g/mol. The van der Waals surface area contributed by atoms with Crippen LogP contribution in [0.3, 0.4) is 0 Å². The molecule has 0 bridgehead atoms. The maximum Gasteiger partial charge on any atom is 0.161 e. The summed E-state index contributed by atoms with van der Waals surface area (Å²) in [6, 6.07) is 14.3. The van der Waals surface area contributed by atoms with E-state index in [-0.39, 0.29) is 0 Å². The third kappa shape index (κ3) is 3.21. The molecule has 0 aliphatic rings. The number of fused-ring (bicyclic) bond motifs is 1. The lowest BCUT2D eigenvalue weighted by molar-refractivity contribution is 0.510. The van der Waals surface area contributed by atoms with Crippen LogP contribution < -0.4 is 0 Å². The minimum Gasteiger partial charge on any atom is -0.327 e. The Morgan fingerprint density at radius 2 is 1.78 bits per heavy atom. The van der Waals surface area contributed by atoms with E-state index >= 15 is 0 Å². The summed E-state index contributed by atoms with van der Waals surface area (Å²) in [6.45, 7) is 0.419. The van der Waals surface area contributed by atoms with Gasteiger partial charge in [-0.05, 0) is 12.0 Å². The molecule has 116 valence electrons. The van der Waals surface area contributed by atoms with Crippen LogP contribution in [0.25, 0.3) is 11.0 Å². The standard InChI is InChI=1S/C18H15F2N3/c19-14-11-16-17(12-15(14)20)23(10-4-9-21)18(22-16)8-7-13-5-2-1-3-6-13/h1-3,5-6,11-12H,4,7-8,10H2. The molecule has 0 radical (unpaired) electrons. The first-order chi connectivity index (χ1) is 11.2. The molecule has 23 heavy (non-hydrogen) atoms. The van der Waals surface area contributed by atoms with Crippen molar-refractivity contribution in [2.75, 3.05) is 0 Å². The number of nitrogens with zero attached hydrogens (tertiary/aromatic N) is 3. The van der Waals surface area contributed by atoms with E-state index in [1.54, 1.807) is 0 Å². The van der Waals surface area contributed by atoms with E-state index in [4.69, 9.17) is 5.26 Å². The van der Waals surface area contributed by atoms with Gasteiger partial charge in [0.2, 0.25) is 0 Å². The van der Waals surface area contributed by atoms with Gasteiger partial charge in [0.25, 0.3) is 0 Å². The summed E-state index contributed by atoms with van der Waals surface area (Å²) >= 11 is 0. The van der Waals surface area contributed by atoms with Crippen LogP contribution in [0.4, 0.5) is 8.78 Å². The Morgan fingerprint density at radius 3 is 2.52 bits per heavy atom. The quantitative estimate of drug-likeness (QED) is 0.714. The van der Waals surface area contributed by atoms with Gasteiger partial charge in [-0.15, -0.1) is 0 Å². The number of benzene rings is 2. The number of halogens is 2. The van der Waals surface area contributed by atoms with E-state index in [9.17, 15) is 8.78 Å². The summed E-state index contributed by atoms with van der Waals surface area (Å²) in [5, 5.41) is 8.82. The van der Waals surface area contributed by atoms with Crippen molar-refractivity contribution in [2.45, 2.75) is 25.8 Å². The average Bonchev–Trinajstić information content (AvgIpc) is 2.89. The maximum absolute atomic E-state index is 13.5. The number of imidazole rings is 1. The SMILES string of the molecule is N#CCCn1c(CCc2ccccc2)nc2cc(F)c(F)cc21. The van der Waals surface area contributed by atoms with Crippen molar-refractivity contribution in [2.24, 2.45) is 0 Å². The fourth-order valence-corrected chi connectivity index (χ4v) is 2.67. The van der Waals surface area contributed by atoms with E-state index in [1.165, 1.54) is 5.56 Å². The maximum atomic E-state index is 13.5. The van der Waals surface area contributed by atoms with Crippen LogP contribution in [0.2, 0.25) is 0 Å². The Labute approximate surface area is 132 Å². The van der Waals surface area contributed by atoms with Gasteiger partial charge in [-0.1, -0.05) is 30.3 Å². The van der Waals surface area contributed by atoms with E-state index in [0.29, 0.717) is 30.4 Å². The van der Waals surface area contributed by atoms with Gasteiger partial charge < -0.3 is 4.57 Å². The molecule has 0 unspecified atom stereocenters. The Balaban J connectivity index is 1.96. The molecule has 0 spiro atoms. The predicted molar refractivity (Wildman–Crippen MR) is 83.7 cm³/mol. The molecule has 5 heteroatoms. The molecule has 0 saturated carbocycles. The highest BCUT2D eigenvalue weighted by atomic mass is 19.2. The molecular weight excluding hydrogens is 296 g/mol. The number of rotatable bonds is 5. The molecule has 0 atom stereocenters. The molecule has 3 aromatic rings. The van der Waals surface area contributed by atoms with Crippen LogP contribution in [0.5, 0.6) is 0 Å². The molecule has 0 amide bonds. The van der Waals surface area contributed by atoms with Crippen molar-refractivity contribution in [3.05, 3.63) is 65.5 Å². The Morgan fingerprint density at radius 1 is 1.04 bits per heavy atom. The monoisotopic (exact) mass is 311 g/mol. The number of aromatic nitrogens is 2. The van der Waals surface area contributed by atoms with Crippen molar-refractivity contribution in [3.63, 3.8) is 0 Å². The third-order valence-corrected chi connectivity index (χ3v) is 3.80. The van der Waals surface area contributed by atoms with Crippen LogP contribution in [0.15, 0.2) is 42.5 Å². The van der Waals surface area contributed by atoms with Gasteiger partial charge in [0.1, 0.15) is 5.82 Å². The van der Waals surface area contributed by atoms with Crippen LogP contribution in [-0.4, -0.2) is 9.55 Å². The fraction of sp³-hybridized carbons (Fsp3) is 0.222. The number of nitriles is 1. The molecule has 1 heterocycles. The molecule has 1 aromatic heterocycles. The molecule has 3 nitrogen and oxygen atoms in total. The van der Waals surface area contributed by atoms with Crippen LogP contribution in [-0.2, 0) is 19.4 Å². The van der Waals surface area contributed by atoms with E-state index < -0.39 is 11.6 Å². The second kappa shape index (κ2) is 6.57. The molecule has 2 aromatic carbocycles. The predicted octanol–water partition coefficient (Wildman–Crippen LogP) is 4.01. The number of aryl methyl sites for hydroxylation is 3. The van der Waals surface area contributed by atoms with E-state index in [1.807, 2.05) is 34.9 Å². The lowest BCUT2D eigenvalue weighted by Gasteiger charge is -2.07. The molecule has 0 aliphatic carbocycles. The first-order valence-corrected chi connectivity index (χ1v) is 7.44. The van der Waals surface area contributed by atoms with Gasteiger partial charge in [-0.3, -0.25) is 0 Å². The summed E-state index contributed by atoms with van der Waals surface area (Å²) in [7, 11) is 0. The normalized spacial score (nSPS) is 10.8. The molecule has 0 aliphatic heterocycles. The van der Waals surface area contributed by atoms with Crippen molar-refractivity contribution < 1.29 is 8.78 Å². The summed E-state index contributed by atoms with van der Waals surface area (Å²) in [5.74, 6) is -1.06. The molecule has 0 saturated heterocycles. The van der Waals surface area contributed by atoms with E-state index in [0.717, 1.165) is 24.4 Å². The van der Waals surface area contributed by atoms with Gasteiger partial charge in [0, 0.05) is 25.1 Å². The van der Waals surface area contributed by atoms with Gasteiger partial charge in [0.15, 0.2) is 11.6 Å². The minimum absolute atomic E-state index is 0.294. The summed E-state index contributed by atoms with van der Waals surface area (Å²) in [6.07, 6.45) is 1.72. The molecule has 0 N–H and O–H groups in total. The van der Waals surface area contributed by atoms with Gasteiger partial charge in [-0.25, -0.2) is 13.8 Å². The van der Waals surface area contributed by atoms with Crippen LogP contribution in [0.1, 0.15) is 17.8 Å². The zero-order chi connectivity index (χ0) is 16.2. The van der Waals surface area contributed by atoms with Gasteiger partial charge in [-0.2, -0.15) is 5.26 Å². The van der Waals surface area contributed by atoms with E-state index in [2.05, 4.69) is 11.1 Å². The lowest BCUT2D eigenvalue weighted by atomic mass is 10.1. The highest BCUT2D eigenvalue weighted by Gasteiger charge is 2.14. The molecular formula is C18H15F2N3. The Bertz CT molecular complexity index is 863. The largest absolute Gasteiger partial charge is 0.327 e. The third-order valence-electron chi connectivity index (χ3n) is 3.80. The van der Waals surface area contributed by atoms with Crippen molar-refractivity contribution in [1.29, 1.82) is 5.26 Å². The molecule has 3 rings (SSSR count). The lowest BCUT2D eigenvalue weighted by Crippen LogP contribution is -2.05. The number of hydrogen-bond donors (Lipinski definition) is 0. The minimum atomic E-state index is -0.906. The van der Waals surface area contributed by atoms with Gasteiger partial charge in [0.05, 0.1) is 23.5 Å². The van der Waals surface area contributed by atoms with Gasteiger partial charge >= 0.3 is 0 Å². The summed E-state index contributed by atoms with van der Waals surface area (Å²) in [5.41, 5.74) is 2.12. The van der Waals surface area contributed by atoms with Crippen LogP contribution in [0, 0.1) is 23.0 Å². The topological polar surface area (TPSA) is 41.6 Å². The highest BCUT2D eigenvalue weighted by Crippen LogP contribution is 2.21. The zero-order valence-corrected chi connectivity index (χ0v) is 12.5.